The highest BCUT2D eigenvalue weighted by Crippen LogP contribution is 2.35. The number of aryl methyl sites for hydroxylation is 1. The number of carbonyl (C=O) groups excluding carboxylic acids is 2. The highest BCUT2D eigenvalue weighted by atomic mass is 35.5. The Kier molecular flexibility index (Phi) is 5.35. The second kappa shape index (κ2) is 8.93. The van der Waals surface area contributed by atoms with Crippen LogP contribution in [0, 0.1) is 0 Å². The van der Waals surface area contributed by atoms with Gasteiger partial charge in [0.1, 0.15) is 0 Å². The Hall–Kier alpha value is -4.74. The Bertz CT molecular complexity index is 2000. The van der Waals surface area contributed by atoms with E-state index in [9.17, 15) is 9.59 Å². The summed E-state index contributed by atoms with van der Waals surface area (Å²) in [5, 5.41) is 2.73. The molecule has 0 atom stereocenters. The van der Waals surface area contributed by atoms with E-state index in [2.05, 4.69) is 18.2 Å². The van der Waals surface area contributed by atoms with Crippen molar-refractivity contribution in [2.45, 2.75) is 13.3 Å². The molecule has 4 aromatic carbocycles. The van der Waals surface area contributed by atoms with E-state index < -0.39 is 0 Å². The molecule has 6 heteroatoms. The first-order chi connectivity index (χ1) is 19.0. The molecule has 0 aliphatic heterocycles. The average molecular weight is 529 g/mol. The second-order valence-electron chi connectivity index (χ2n) is 9.57. The first-order valence-corrected chi connectivity index (χ1v) is 13.1. The summed E-state index contributed by atoms with van der Waals surface area (Å²) in [7, 11) is 0. The first kappa shape index (κ1) is 23.4. The van der Waals surface area contributed by atoms with Gasteiger partial charge in [0.15, 0.2) is 22.8 Å². The van der Waals surface area contributed by atoms with Crippen LogP contribution in [0.25, 0.3) is 45.2 Å². The van der Waals surface area contributed by atoms with Crippen LogP contribution in [0.1, 0.15) is 38.9 Å². The van der Waals surface area contributed by atoms with Gasteiger partial charge in [-0.05, 0) is 65.2 Å². The Morgan fingerprint density at radius 2 is 1.56 bits per heavy atom. The van der Waals surface area contributed by atoms with E-state index in [-0.39, 0.29) is 17.1 Å². The number of para-hydroxylation sites is 1. The Morgan fingerprint density at radius 1 is 0.846 bits per heavy atom. The van der Waals surface area contributed by atoms with E-state index in [4.69, 9.17) is 21.0 Å². The number of halogens is 1. The van der Waals surface area contributed by atoms with Crippen LogP contribution in [0.3, 0.4) is 0 Å². The van der Waals surface area contributed by atoms with Crippen molar-refractivity contribution in [1.82, 2.24) is 9.55 Å². The van der Waals surface area contributed by atoms with Crippen molar-refractivity contribution < 1.29 is 14.0 Å². The number of rotatable bonds is 4. The van der Waals surface area contributed by atoms with Gasteiger partial charge in [-0.2, -0.15) is 4.98 Å². The smallest absolute Gasteiger partial charge is 0.228 e. The lowest BCUT2D eigenvalue weighted by Gasteiger charge is -2.07. The minimum absolute atomic E-state index is 0.0985. The Morgan fingerprint density at radius 3 is 2.33 bits per heavy atom. The molecule has 39 heavy (non-hydrogen) atoms. The fourth-order valence-corrected chi connectivity index (χ4v) is 5.53. The van der Waals surface area contributed by atoms with Crippen LogP contribution in [-0.4, -0.2) is 21.1 Å². The normalized spacial score (nSPS) is 14.2. The van der Waals surface area contributed by atoms with Crippen LogP contribution >= 0.6 is 11.6 Å². The van der Waals surface area contributed by atoms with Crippen molar-refractivity contribution in [3.8, 4) is 17.1 Å². The van der Waals surface area contributed by atoms with Gasteiger partial charge in [-0.25, -0.2) is 0 Å². The number of ketones is 2. The van der Waals surface area contributed by atoms with Crippen LogP contribution in [0.2, 0.25) is 5.02 Å². The summed E-state index contributed by atoms with van der Waals surface area (Å²) in [6.45, 7) is 1.96. The van der Waals surface area contributed by atoms with Crippen LogP contribution < -0.4 is 0 Å². The van der Waals surface area contributed by atoms with Gasteiger partial charge in [0.05, 0.1) is 11.3 Å². The predicted octanol–water partition coefficient (Wildman–Crippen LogP) is 8.12. The largest absolute Gasteiger partial charge is 0.434 e. The lowest BCUT2D eigenvalue weighted by atomic mass is 10.0. The van der Waals surface area contributed by atoms with Gasteiger partial charge in [-0.3, -0.25) is 14.2 Å². The molecule has 0 N–H and O–H groups in total. The number of oxazole rings is 1. The van der Waals surface area contributed by atoms with Crippen molar-refractivity contribution in [3.63, 3.8) is 0 Å². The highest BCUT2D eigenvalue weighted by Gasteiger charge is 2.34. The third kappa shape index (κ3) is 3.74. The monoisotopic (exact) mass is 528 g/mol. The summed E-state index contributed by atoms with van der Waals surface area (Å²) in [4.78, 5) is 31.5. The molecule has 2 heterocycles. The van der Waals surface area contributed by atoms with Crippen molar-refractivity contribution in [3.05, 3.63) is 124 Å². The van der Waals surface area contributed by atoms with Crippen molar-refractivity contribution in [1.29, 1.82) is 0 Å². The quantitative estimate of drug-likeness (QED) is 0.171. The summed E-state index contributed by atoms with van der Waals surface area (Å²) in [6.07, 6.45) is 2.30. The zero-order valence-electron chi connectivity index (χ0n) is 20.9. The number of nitrogens with zero attached hydrogens (tertiary/aromatic N) is 2. The SMILES string of the molecule is CCc1cc2c(cc1Cl)C(=O)/C(=C\c1cc3oc(-c4ccc5ccccc5c4)nc3n1-c1ccccc1)C2=O. The van der Waals surface area contributed by atoms with Gasteiger partial charge >= 0.3 is 0 Å². The minimum Gasteiger partial charge on any atom is -0.434 e. The zero-order valence-corrected chi connectivity index (χ0v) is 21.7. The molecular weight excluding hydrogens is 508 g/mol. The molecule has 6 aromatic rings. The summed E-state index contributed by atoms with van der Waals surface area (Å²) in [5.74, 6) is -0.137. The minimum atomic E-state index is -0.332. The molecule has 1 aliphatic carbocycles. The molecule has 7 rings (SSSR count). The van der Waals surface area contributed by atoms with Gasteiger partial charge < -0.3 is 4.42 Å². The van der Waals surface area contributed by atoms with Crippen LogP contribution in [0.15, 0.2) is 101 Å². The van der Waals surface area contributed by atoms with E-state index in [0.29, 0.717) is 45.4 Å². The number of benzene rings is 4. The fourth-order valence-electron chi connectivity index (χ4n) is 5.24. The molecule has 5 nitrogen and oxygen atoms in total. The van der Waals surface area contributed by atoms with E-state index in [1.165, 1.54) is 0 Å². The lowest BCUT2D eigenvalue weighted by molar-refractivity contribution is 0.0990. The van der Waals surface area contributed by atoms with Crippen LogP contribution in [0.5, 0.6) is 0 Å². The molecule has 0 fully saturated rings. The molecule has 0 spiro atoms. The fraction of sp³-hybridized carbons (Fsp3) is 0.0606. The van der Waals surface area contributed by atoms with Gasteiger partial charge in [-0.1, -0.05) is 67.1 Å². The third-order valence-corrected chi connectivity index (χ3v) is 7.58. The van der Waals surface area contributed by atoms with Crippen molar-refractivity contribution >= 4 is 51.2 Å². The van der Waals surface area contributed by atoms with Crippen molar-refractivity contribution in [2.24, 2.45) is 0 Å². The van der Waals surface area contributed by atoms with E-state index in [0.717, 1.165) is 27.6 Å². The number of hydrogen-bond acceptors (Lipinski definition) is 4. The number of Topliss-reactive ketones (excluding diaryl/α,β-unsaturated/α-hetero) is 2. The van der Waals surface area contributed by atoms with E-state index in [1.54, 1.807) is 18.2 Å². The van der Waals surface area contributed by atoms with Crippen LogP contribution in [-0.2, 0) is 6.42 Å². The van der Waals surface area contributed by atoms with Crippen molar-refractivity contribution in [2.75, 3.05) is 0 Å². The highest BCUT2D eigenvalue weighted by molar-refractivity contribution is 6.42. The number of carbonyl (C=O) groups is 2. The van der Waals surface area contributed by atoms with Gasteiger partial charge in [0.25, 0.3) is 0 Å². The van der Waals surface area contributed by atoms with Gasteiger partial charge in [-0.15, -0.1) is 0 Å². The number of allylic oxidation sites excluding steroid dienone is 1. The number of hydrogen-bond donors (Lipinski definition) is 0. The third-order valence-electron chi connectivity index (χ3n) is 7.23. The topological polar surface area (TPSA) is 65.1 Å². The molecular formula is C33H21ClN2O3. The summed E-state index contributed by atoms with van der Waals surface area (Å²) in [5.41, 5.74) is 5.16. The van der Waals surface area contributed by atoms with Gasteiger partial charge in [0, 0.05) is 33.5 Å². The summed E-state index contributed by atoms with van der Waals surface area (Å²) in [6, 6.07) is 29.1. The maximum Gasteiger partial charge on any atom is 0.228 e. The summed E-state index contributed by atoms with van der Waals surface area (Å²) >= 11 is 6.36. The predicted molar refractivity (Wildman–Crippen MR) is 154 cm³/mol. The molecule has 1 aliphatic rings. The van der Waals surface area contributed by atoms with E-state index in [1.807, 2.05) is 72.2 Å². The Balaban J connectivity index is 1.38. The van der Waals surface area contributed by atoms with E-state index >= 15 is 0 Å². The first-order valence-electron chi connectivity index (χ1n) is 12.7. The molecule has 0 saturated carbocycles. The standard InChI is InChI=1S/C33H21ClN2O3/c1-2-19-15-25-26(18-28(19)34)31(38)27(30(25)37)16-24-17-29-32(36(24)23-10-4-3-5-11-23)35-33(39-29)22-13-12-20-8-6-7-9-21(20)14-22/h3-18H,2H2,1H3/b27-16-. The maximum atomic E-state index is 13.4. The second-order valence-corrected chi connectivity index (χ2v) is 9.98. The molecule has 0 radical (unpaired) electrons. The maximum absolute atomic E-state index is 13.4. The molecule has 0 amide bonds. The summed E-state index contributed by atoms with van der Waals surface area (Å²) < 4.78 is 8.13. The average Bonchev–Trinajstić information content (AvgIpc) is 3.59. The van der Waals surface area contributed by atoms with Gasteiger partial charge in [0.2, 0.25) is 5.89 Å². The lowest BCUT2D eigenvalue weighted by Crippen LogP contribution is -2.03. The number of fused-ring (bicyclic) bond motifs is 3. The zero-order chi connectivity index (χ0) is 26.7. The molecule has 0 bridgehead atoms. The Labute approximate surface area is 229 Å². The molecule has 188 valence electrons. The number of aromatic nitrogens is 2. The molecule has 0 saturated heterocycles. The molecule has 0 unspecified atom stereocenters. The van der Waals surface area contributed by atoms with Crippen LogP contribution in [0.4, 0.5) is 0 Å². The molecule has 2 aromatic heterocycles.